The van der Waals surface area contributed by atoms with Crippen LogP contribution in [0.5, 0.6) is 0 Å². The van der Waals surface area contributed by atoms with E-state index in [1.165, 1.54) is 0 Å². The topological polar surface area (TPSA) is 44.8 Å². The van der Waals surface area contributed by atoms with Crippen molar-refractivity contribution in [3.8, 4) is 0 Å². The Morgan fingerprint density at radius 1 is 1.30 bits per heavy atom. The molecule has 1 aromatic carbocycles. The van der Waals surface area contributed by atoms with Gasteiger partial charge < -0.3 is 14.2 Å². The van der Waals surface area contributed by atoms with Gasteiger partial charge >= 0.3 is 0 Å². The van der Waals surface area contributed by atoms with Gasteiger partial charge in [0.1, 0.15) is 6.10 Å². The Balaban J connectivity index is 1.88. The van der Waals surface area contributed by atoms with Gasteiger partial charge in [-0.1, -0.05) is 42.1 Å². The number of benzene rings is 1. The van der Waals surface area contributed by atoms with Crippen LogP contribution < -0.4 is 0 Å². The van der Waals surface area contributed by atoms with Gasteiger partial charge in [0, 0.05) is 0 Å². The molecule has 0 amide bonds. The fourth-order valence-electron chi connectivity index (χ4n) is 2.14. The van der Waals surface area contributed by atoms with Gasteiger partial charge in [-0.15, -0.1) is 0 Å². The Morgan fingerprint density at radius 3 is 2.65 bits per heavy atom. The summed E-state index contributed by atoms with van der Waals surface area (Å²) in [5.74, 6) is -0.739. The number of rotatable bonds is 5. The summed E-state index contributed by atoms with van der Waals surface area (Å²) in [7, 11) is 0. The van der Waals surface area contributed by atoms with E-state index >= 15 is 0 Å². The molecular formula is C15H20O4S. The quantitative estimate of drug-likeness (QED) is 0.835. The average molecular weight is 296 g/mol. The molecule has 20 heavy (non-hydrogen) atoms. The SMILES string of the molecule is CSC(=O)[C@H]1OC(C)(C)O[C@@H]1COCc1ccccc1. The molecule has 0 spiro atoms. The maximum absolute atomic E-state index is 11.8. The molecule has 0 aromatic heterocycles. The van der Waals surface area contributed by atoms with Crippen LogP contribution in [-0.4, -0.2) is 36.0 Å². The number of hydrogen-bond donors (Lipinski definition) is 0. The fourth-order valence-corrected chi connectivity index (χ4v) is 2.57. The number of thioether (sulfide) groups is 1. The van der Waals surface area contributed by atoms with E-state index < -0.39 is 11.9 Å². The van der Waals surface area contributed by atoms with E-state index in [2.05, 4.69) is 0 Å². The van der Waals surface area contributed by atoms with Gasteiger partial charge in [0.25, 0.3) is 0 Å². The van der Waals surface area contributed by atoms with Crippen molar-refractivity contribution in [1.82, 2.24) is 0 Å². The molecule has 2 atom stereocenters. The highest BCUT2D eigenvalue weighted by Crippen LogP contribution is 2.30. The molecule has 0 bridgehead atoms. The van der Waals surface area contributed by atoms with E-state index in [0.717, 1.165) is 17.3 Å². The fraction of sp³-hybridized carbons (Fsp3) is 0.533. The molecule has 1 heterocycles. The standard InChI is InChI=1S/C15H20O4S/c1-15(2)18-12(13(19-15)14(16)20-3)10-17-9-11-7-5-4-6-8-11/h4-8,12-13H,9-10H2,1-3H3/t12-,13+/m1/s1. The minimum atomic E-state index is -0.739. The van der Waals surface area contributed by atoms with Crippen molar-refractivity contribution in [1.29, 1.82) is 0 Å². The monoisotopic (exact) mass is 296 g/mol. The summed E-state index contributed by atoms with van der Waals surface area (Å²) in [5.41, 5.74) is 1.10. The van der Waals surface area contributed by atoms with Crippen LogP contribution in [0.1, 0.15) is 19.4 Å². The van der Waals surface area contributed by atoms with Gasteiger partial charge in [-0.25, -0.2) is 0 Å². The van der Waals surface area contributed by atoms with Crippen molar-refractivity contribution < 1.29 is 19.0 Å². The first-order valence-electron chi connectivity index (χ1n) is 6.57. The zero-order chi connectivity index (χ0) is 14.6. The summed E-state index contributed by atoms with van der Waals surface area (Å²) < 4.78 is 17.0. The lowest BCUT2D eigenvalue weighted by atomic mass is 10.2. The van der Waals surface area contributed by atoms with Gasteiger partial charge in [0.2, 0.25) is 5.12 Å². The second-order valence-electron chi connectivity index (χ2n) is 5.12. The zero-order valence-corrected chi connectivity index (χ0v) is 12.8. The van der Waals surface area contributed by atoms with E-state index in [1.807, 2.05) is 44.2 Å². The molecule has 2 rings (SSSR count). The van der Waals surface area contributed by atoms with Crippen molar-refractivity contribution in [2.45, 2.75) is 38.4 Å². The van der Waals surface area contributed by atoms with Crippen LogP contribution in [0, 0.1) is 0 Å². The van der Waals surface area contributed by atoms with Gasteiger partial charge in [-0.2, -0.15) is 0 Å². The molecule has 1 fully saturated rings. The molecule has 1 aromatic rings. The summed E-state index contributed by atoms with van der Waals surface area (Å²) >= 11 is 1.16. The van der Waals surface area contributed by atoms with Crippen LogP contribution in [0.2, 0.25) is 0 Å². The van der Waals surface area contributed by atoms with Crippen LogP contribution in [0.3, 0.4) is 0 Å². The molecule has 0 aliphatic carbocycles. The Kier molecular flexibility index (Phi) is 5.21. The summed E-state index contributed by atoms with van der Waals surface area (Å²) in [5, 5.41) is -0.0242. The molecule has 1 saturated heterocycles. The molecule has 0 saturated carbocycles. The number of carbonyl (C=O) groups is 1. The van der Waals surface area contributed by atoms with E-state index in [-0.39, 0.29) is 11.2 Å². The first-order chi connectivity index (χ1) is 9.52. The maximum atomic E-state index is 11.8. The van der Waals surface area contributed by atoms with Crippen molar-refractivity contribution in [2.75, 3.05) is 12.9 Å². The van der Waals surface area contributed by atoms with Gasteiger partial charge in [0.05, 0.1) is 13.2 Å². The van der Waals surface area contributed by atoms with Crippen LogP contribution in [0.25, 0.3) is 0 Å². The lowest BCUT2D eigenvalue weighted by Gasteiger charge is -2.16. The van der Waals surface area contributed by atoms with Gasteiger partial charge in [-0.3, -0.25) is 4.79 Å². The van der Waals surface area contributed by atoms with Crippen molar-refractivity contribution >= 4 is 16.9 Å². The molecule has 1 aliphatic rings. The Hall–Kier alpha value is -0.880. The van der Waals surface area contributed by atoms with Crippen LogP contribution in [0.15, 0.2) is 30.3 Å². The van der Waals surface area contributed by atoms with Crippen molar-refractivity contribution in [2.24, 2.45) is 0 Å². The smallest absolute Gasteiger partial charge is 0.220 e. The van der Waals surface area contributed by atoms with Gasteiger partial charge in [0.15, 0.2) is 11.9 Å². The van der Waals surface area contributed by atoms with Gasteiger partial charge in [-0.05, 0) is 25.7 Å². The van der Waals surface area contributed by atoms with Crippen LogP contribution >= 0.6 is 11.8 Å². The lowest BCUT2D eigenvalue weighted by Crippen LogP contribution is -2.33. The highest BCUT2D eigenvalue weighted by atomic mass is 32.2. The summed E-state index contributed by atoms with van der Waals surface area (Å²) in [6.45, 7) is 4.46. The molecule has 110 valence electrons. The van der Waals surface area contributed by atoms with Crippen LogP contribution in [0.4, 0.5) is 0 Å². The highest BCUT2D eigenvalue weighted by molar-refractivity contribution is 8.13. The zero-order valence-electron chi connectivity index (χ0n) is 12.0. The van der Waals surface area contributed by atoms with Crippen molar-refractivity contribution in [3.63, 3.8) is 0 Å². The normalized spacial score (nSPS) is 24.8. The molecule has 0 N–H and O–H groups in total. The highest BCUT2D eigenvalue weighted by Gasteiger charge is 2.44. The Morgan fingerprint density at radius 2 is 2.00 bits per heavy atom. The van der Waals surface area contributed by atoms with E-state index in [0.29, 0.717) is 13.2 Å². The second-order valence-corrected chi connectivity index (χ2v) is 5.93. The Labute approximate surface area is 123 Å². The van der Waals surface area contributed by atoms with E-state index in [9.17, 15) is 4.79 Å². The summed E-state index contributed by atoms with van der Waals surface area (Å²) in [6, 6.07) is 9.90. The van der Waals surface area contributed by atoms with Crippen LogP contribution in [-0.2, 0) is 25.6 Å². The second kappa shape index (κ2) is 6.72. The first kappa shape index (κ1) is 15.5. The van der Waals surface area contributed by atoms with Crippen molar-refractivity contribution in [3.05, 3.63) is 35.9 Å². The minimum Gasteiger partial charge on any atom is -0.374 e. The average Bonchev–Trinajstić information content (AvgIpc) is 2.74. The predicted molar refractivity (Wildman–Crippen MR) is 78.4 cm³/mol. The largest absolute Gasteiger partial charge is 0.374 e. The third-order valence-corrected chi connectivity index (χ3v) is 3.65. The summed E-state index contributed by atoms with van der Waals surface area (Å²) in [4.78, 5) is 11.8. The third kappa shape index (κ3) is 4.06. The first-order valence-corrected chi connectivity index (χ1v) is 7.79. The predicted octanol–water partition coefficient (Wildman–Crippen LogP) is 2.61. The molecule has 5 heteroatoms. The minimum absolute atomic E-state index is 0.0242. The molecule has 0 radical (unpaired) electrons. The number of ether oxygens (including phenoxy) is 3. The molecule has 0 unspecified atom stereocenters. The maximum Gasteiger partial charge on any atom is 0.220 e. The molecule has 4 nitrogen and oxygen atoms in total. The number of hydrogen-bond acceptors (Lipinski definition) is 5. The number of carbonyl (C=O) groups excluding carboxylic acids is 1. The third-order valence-electron chi connectivity index (χ3n) is 3.01. The molecule has 1 aliphatic heterocycles. The Bertz CT molecular complexity index is 446. The molecular weight excluding hydrogens is 276 g/mol. The van der Waals surface area contributed by atoms with E-state index in [4.69, 9.17) is 14.2 Å². The van der Waals surface area contributed by atoms with E-state index in [1.54, 1.807) is 6.26 Å². The summed E-state index contributed by atoms with van der Waals surface area (Å²) in [6.07, 6.45) is 0.836. The lowest BCUT2D eigenvalue weighted by molar-refractivity contribution is -0.154.